The van der Waals surface area contributed by atoms with Gasteiger partial charge in [0.1, 0.15) is 5.60 Å². The van der Waals surface area contributed by atoms with Crippen LogP contribution in [-0.2, 0) is 11.4 Å². The molecular formula is C21H18OS. The number of aryl methyl sites for hydroxylation is 1. The van der Waals surface area contributed by atoms with Gasteiger partial charge in [-0.2, -0.15) is 0 Å². The maximum absolute atomic E-state index is 11.9. The smallest absolute Gasteiger partial charge is 0.141 e. The fourth-order valence-electron chi connectivity index (χ4n) is 3.34. The Kier molecular flexibility index (Phi) is 3.51. The number of hydrogen-bond acceptors (Lipinski definition) is 2. The zero-order valence-electron chi connectivity index (χ0n) is 13.0. The molecule has 0 unspecified atom stereocenters. The molecule has 1 N–H and O–H groups in total. The van der Waals surface area contributed by atoms with Crippen LogP contribution in [0.5, 0.6) is 0 Å². The van der Waals surface area contributed by atoms with Crippen LogP contribution >= 0.6 is 11.8 Å². The highest BCUT2D eigenvalue weighted by Gasteiger charge is 2.39. The van der Waals surface area contributed by atoms with Crippen LogP contribution in [0.3, 0.4) is 0 Å². The molecule has 2 heteroatoms. The summed E-state index contributed by atoms with van der Waals surface area (Å²) in [6, 6.07) is 24.6. The molecule has 1 atom stereocenters. The lowest BCUT2D eigenvalue weighted by Crippen LogP contribution is -2.29. The highest BCUT2D eigenvalue weighted by Crippen LogP contribution is 2.46. The van der Waals surface area contributed by atoms with Gasteiger partial charge in [-0.3, -0.25) is 0 Å². The third-order valence-electron chi connectivity index (χ3n) is 4.51. The molecule has 0 bridgehead atoms. The molecule has 0 saturated carbocycles. The van der Waals surface area contributed by atoms with Crippen molar-refractivity contribution in [1.29, 1.82) is 0 Å². The molecule has 0 fully saturated rings. The molecule has 3 aromatic carbocycles. The molecule has 3 aromatic rings. The van der Waals surface area contributed by atoms with Crippen molar-refractivity contribution in [3.8, 4) is 0 Å². The summed E-state index contributed by atoms with van der Waals surface area (Å²) in [6.07, 6.45) is 0. The molecule has 0 aliphatic carbocycles. The van der Waals surface area contributed by atoms with E-state index >= 15 is 0 Å². The zero-order chi connectivity index (χ0) is 15.9. The predicted octanol–water partition coefficient (Wildman–Crippen LogP) is 4.88. The van der Waals surface area contributed by atoms with Gasteiger partial charge >= 0.3 is 0 Å². The minimum atomic E-state index is -1.11. The molecule has 0 aromatic heterocycles. The van der Waals surface area contributed by atoms with E-state index in [-0.39, 0.29) is 0 Å². The van der Waals surface area contributed by atoms with E-state index < -0.39 is 5.60 Å². The van der Waals surface area contributed by atoms with E-state index in [2.05, 4.69) is 37.3 Å². The Morgan fingerprint density at radius 2 is 1.61 bits per heavy atom. The number of rotatable bonds is 1. The first-order chi connectivity index (χ1) is 11.2. The monoisotopic (exact) mass is 318 g/mol. The lowest BCUT2D eigenvalue weighted by molar-refractivity contribution is 0.122. The molecule has 1 aliphatic rings. The summed E-state index contributed by atoms with van der Waals surface area (Å²) >= 11 is 1.80. The van der Waals surface area contributed by atoms with Gasteiger partial charge in [0, 0.05) is 16.2 Å². The Morgan fingerprint density at radius 1 is 0.870 bits per heavy atom. The van der Waals surface area contributed by atoms with Gasteiger partial charge in [0.2, 0.25) is 0 Å². The van der Waals surface area contributed by atoms with Crippen molar-refractivity contribution in [2.24, 2.45) is 0 Å². The lowest BCUT2D eigenvalue weighted by atomic mass is 9.78. The van der Waals surface area contributed by atoms with E-state index in [0.29, 0.717) is 0 Å². The van der Waals surface area contributed by atoms with E-state index in [1.165, 1.54) is 11.1 Å². The molecule has 0 saturated heterocycles. The number of aliphatic hydroxyl groups is 1. The number of thioether (sulfide) groups is 1. The van der Waals surface area contributed by atoms with Crippen molar-refractivity contribution in [2.45, 2.75) is 23.2 Å². The standard InChI is InChI=1S/C21H18OS/c1-15-11-12-19-20(13-15)23-14-16-7-5-6-10-18(16)21(19,22)17-8-3-2-4-9-17/h2-13,22H,14H2,1H3/t21-/m1/s1. The molecule has 23 heavy (non-hydrogen) atoms. The van der Waals surface area contributed by atoms with Crippen molar-refractivity contribution < 1.29 is 5.11 Å². The van der Waals surface area contributed by atoms with E-state index in [1.54, 1.807) is 11.8 Å². The van der Waals surface area contributed by atoms with Crippen molar-refractivity contribution in [2.75, 3.05) is 0 Å². The first-order valence-electron chi connectivity index (χ1n) is 7.80. The van der Waals surface area contributed by atoms with E-state index in [0.717, 1.165) is 27.3 Å². The highest BCUT2D eigenvalue weighted by molar-refractivity contribution is 7.98. The summed E-state index contributed by atoms with van der Waals surface area (Å²) < 4.78 is 0. The van der Waals surface area contributed by atoms with Crippen LogP contribution in [0.2, 0.25) is 0 Å². The van der Waals surface area contributed by atoms with Gasteiger partial charge in [-0.25, -0.2) is 0 Å². The first kappa shape index (κ1) is 14.6. The topological polar surface area (TPSA) is 20.2 Å². The van der Waals surface area contributed by atoms with Crippen molar-refractivity contribution in [3.05, 3.63) is 101 Å². The van der Waals surface area contributed by atoms with Gasteiger partial charge in [-0.15, -0.1) is 11.8 Å². The largest absolute Gasteiger partial charge is 0.376 e. The third-order valence-corrected chi connectivity index (χ3v) is 5.61. The van der Waals surface area contributed by atoms with Gasteiger partial charge in [-0.05, 0) is 35.2 Å². The maximum Gasteiger partial charge on any atom is 0.141 e. The van der Waals surface area contributed by atoms with Crippen LogP contribution in [0.15, 0.2) is 77.7 Å². The van der Waals surface area contributed by atoms with Gasteiger partial charge < -0.3 is 5.11 Å². The Labute approximate surface area is 141 Å². The second-order valence-corrected chi connectivity index (χ2v) is 7.04. The van der Waals surface area contributed by atoms with Crippen LogP contribution in [-0.4, -0.2) is 5.11 Å². The van der Waals surface area contributed by atoms with E-state index in [9.17, 15) is 5.11 Å². The SMILES string of the molecule is Cc1ccc2c(c1)SCc1ccccc1[C@]2(O)c1ccccc1. The molecule has 1 heterocycles. The predicted molar refractivity (Wildman–Crippen MR) is 95.7 cm³/mol. The molecule has 1 aliphatic heterocycles. The van der Waals surface area contributed by atoms with Gasteiger partial charge in [-0.1, -0.05) is 66.7 Å². The first-order valence-corrected chi connectivity index (χ1v) is 8.78. The lowest BCUT2D eigenvalue weighted by Gasteiger charge is -2.31. The van der Waals surface area contributed by atoms with Crippen LogP contribution < -0.4 is 0 Å². The van der Waals surface area contributed by atoms with Crippen molar-refractivity contribution >= 4 is 11.8 Å². The van der Waals surface area contributed by atoms with Gasteiger partial charge in [0.25, 0.3) is 0 Å². The summed E-state index contributed by atoms with van der Waals surface area (Å²) in [5.41, 5.74) is 4.19. The highest BCUT2D eigenvalue weighted by atomic mass is 32.2. The number of fused-ring (bicyclic) bond motifs is 2. The van der Waals surface area contributed by atoms with Crippen LogP contribution in [0.4, 0.5) is 0 Å². The molecule has 0 spiro atoms. The van der Waals surface area contributed by atoms with Crippen LogP contribution in [0.25, 0.3) is 0 Å². The Bertz CT molecular complexity index is 857. The fraction of sp³-hybridized carbons (Fsp3) is 0.143. The van der Waals surface area contributed by atoms with Crippen LogP contribution in [0.1, 0.15) is 27.8 Å². The summed E-state index contributed by atoms with van der Waals surface area (Å²) in [6.45, 7) is 2.10. The molecule has 1 nitrogen and oxygen atoms in total. The fourth-order valence-corrected chi connectivity index (χ4v) is 4.54. The number of benzene rings is 3. The average molecular weight is 318 g/mol. The molecule has 114 valence electrons. The average Bonchev–Trinajstić information content (AvgIpc) is 2.72. The molecular weight excluding hydrogens is 300 g/mol. The molecule has 0 radical (unpaired) electrons. The Hall–Kier alpha value is -2.03. The van der Waals surface area contributed by atoms with Gasteiger partial charge in [0.05, 0.1) is 0 Å². The third kappa shape index (κ3) is 2.30. The minimum Gasteiger partial charge on any atom is -0.376 e. The second kappa shape index (κ2) is 5.55. The minimum absolute atomic E-state index is 0.877. The summed E-state index contributed by atoms with van der Waals surface area (Å²) in [5, 5.41) is 11.9. The number of hydrogen-bond donors (Lipinski definition) is 1. The van der Waals surface area contributed by atoms with E-state index in [1.807, 2.05) is 42.5 Å². The Balaban J connectivity index is 2.07. The zero-order valence-corrected chi connectivity index (χ0v) is 13.8. The summed E-state index contributed by atoms with van der Waals surface area (Å²) in [4.78, 5) is 1.16. The second-order valence-electron chi connectivity index (χ2n) is 6.02. The molecule has 4 rings (SSSR count). The Morgan fingerprint density at radius 3 is 2.43 bits per heavy atom. The van der Waals surface area contributed by atoms with Crippen molar-refractivity contribution in [1.82, 2.24) is 0 Å². The normalized spacial score (nSPS) is 19.6. The van der Waals surface area contributed by atoms with Gasteiger partial charge in [0.15, 0.2) is 0 Å². The quantitative estimate of drug-likeness (QED) is 0.690. The summed E-state index contributed by atoms with van der Waals surface area (Å²) in [5.74, 6) is 0.877. The van der Waals surface area contributed by atoms with Crippen molar-refractivity contribution in [3.63, 3.8) is 0 Å². The molecule has 0 amide bonds. The maximum atomic E-state index is 11.9. The van der Waals surface area contributed by atoms with Crippen LogP contribution in [0, 0.1) is 6.92 Å². The van der Waals surface area contributed by atoms with E-state index in [4.69, 9.17) is 0 Å². The summed E-state index contributed by atoms with van der Waals surface area (Å²) in [7, 11) is 0.